The molecule has 3 rings (SSSR count). The molecular formula is C15H19N3O2. The summed E-state index contributed by atoms with van der Waals surface area (Å²) in [6, 6.07) is 6.09. The molecule has 106 valence electrons. The van der Waals surface area contributed by atoms with Crippen LogP contribution in [0.3, 0.4) is 0 Å². The lowest BCUT2D eigenvalue weighted by molar-refractivity contribution is 0.172. The van der Waals surface area contributed by atoms with Gasteiger partial charge in [0.25, 0.3) is 0 Å². The Labute approximate surface area is 118 Å². The standard InChI is InChI=1S/C15H19N3O2/c1-18(2)15-10(3-4-16)7-11-8-13-14(9-12(11)17-15)20-6-5-19-13/h7-9H,3-6,16H2,1-2H3. The van der Waals surface area contributed by atoms with E-state index in [-0.39, 0.29) is 0 Å². The van der Waals surface area contributed by atoms with E-state index in [1.54, 1.807) is 0 Å². The molecule has 0 amide bonds. The third-order valence-electron chi connectivity index (χ3n) is 3.37. The van der Waals surface area contributed by atoms with Gasteiger partial charge in [-0.05, 0) is 30.7 Å². The first-order chi connectivity index (χ1) is 9.69. The second-order valence-corrected chi connectivity index (χ2v) is 5.09. The first-order valence-electron chi connectivity index (χ1n) is 6.79. The molecule has 1 aromatic heterocycles. The van der Waals surface area contributed by atoms with Gasteiger partial charge in [-0.25, -0.2) is 4.98 Å². The van der Waals surface area contributed by atoms with Gasteiger partial charge < -0.3 is 20.1 Å². The van der Waals surface area contributed by atoms with E-state index in [2.05, 4.69) is 6.07 Å². The van der Waals surface area contributed by atoms with E-state index in [9.17, 15) is 0 Å². The van der Waals surface area contributed by atoms with Gasteiger partial charge in [0.15, 0.2) is 11.5 Å². The van der Waals surface area contributed by atoms with Crippen molar-refractivity contribution >= 4 is 16.7 Å². The van der Waals surface area contributed by atoms with Crippen LogP contribution in [0.25, 0.3) is 10.9 Å². The third-order valence-corrected chi connectivity index (χ3v) is 3.37. The fourth-order valence-electron chi connectivity index (χ4n) is 2.47. The molecule has 0 saturated carbocycles. The number of aromatic nitrogens is 1. The fourth-order valence-corrected chi connectivity index (χ4v) is 2.47. The van der Waals surface area contributed by atoms with Crippen molar-refractivity contribution in [3.05, 3.63) is 23.8 Å². The summed E-state index contributed by atoms with van der Waals surface area (Å²) in [5, 5.41) is 1.06. The second kappa shape index (κ2) is 5.17. The Kier molecular flexibility index (Phi) is 3.36. The summed E-state index contributed by atoms with van der Waals surface area (Å²) in [5.41, 5.74) is 7.76. The molecule has 0 bridgehead atoms. The zero-order valence-corrected chi connectivity index (χ0v) is 11.8. The van der Waals surface area contributed by atoms with Gasteiger partial charge in [-0.3, -0.25) is 0 Å². The van der Waals surface area contributed by atoms with Crippen molar-refractivity contribution in [2.75, 3.05) is 38.8 Å². The minimum atomic E-state index is 0.588. The Bertz CT molecular complexity index is 641. The summed E-state index contributed by atoms with van der Waals surface area (Å²) >= 11 is 0. The van der Waals surface area contributed by atoms with Crippen LogP contribution in [0, 0.1) is 0 Å². The summed E-state index contributed by atoms with van der Waals surface area (Å²) in [6.45, 7) is 1.79. The first-order valence-corrected chi connectivity index (χ1v) is 6.79. The van der Waals surface area contributed by atoms with Crippen molar-refractivity contribution in [2.45, 2.75) is 6.42 Å². The monoisotopic (exact) mass is 273 g/mol. The predicted octanol–water partition coefficient (Wildman–Crippen LogP) is 1.57. The number of anilines is 1. The SMILES string of the molecule is CN(C)c1nc2cc3c(cc2cc1CCN)OCCO3. The van der Waals surface area contributed by atoms with Gasteiger partial charge in [0.2, 0.25) is 0 Å². The van der Waals surface area contributed by atoms with Crippen molar-refractivity contribution in [3.63, 3.8) is 0 Å². The highest BCUT2D eigenvalue weighted by Crippen LogP contribution is 2.35. The van der Waals surface area contributed by atoms with E-state index < -0.39 is 0 Å². The molecule has 2 heterocycles. The average molecular weight is 273 g/mol. The third kappa shape index (κ3) is 2.25. The minimum absolute atomic E-state index is 0.588. The Balaban J connectivity index is 2.17. The highest BCUT2D eigenvalue weighted by molar-refractivity contribution is 5.85. The summed E-state index contributed by atoms with van der Waals surface area (Å²) in [4.78, 5) is 6.75. The average Bonchev–Trinajstić information content (AvgIpc) is 2.44. The highest BCUT2D eigenvalue weighted by atomic mass is 16.6. The van der Waals surface area contributed by atoms with Crippen LogP contribution < -0.4 is 20.1 Å². The fraction of sp³-hybridized carbons (Fsp3) is 0.400. The molecule has 2 aromatic rings. The number of benzene rings is 1. The lowest BCUT2D eigenvalue weighted by Crippen LogP contribution is -2.17. The summed E-state index contributed by atoms with van der Waals surface area (Å²) in [5.74, 6) is 2.52. The van der Waals surface area contributed by atoms with Gasteiger partial charge in [-0.1, -0.05) is 0 Å². The molecule has 0 atom stereocenters. The topological polar surface area (TPSA) is 60.6 Å². The van der Waals surface area contributed by atoms with Crippen molar-refractivity contribution < 1.29 is 9.47 Å². The van der Waals surface area contributed by atoms with Crippen LogP contribution in [-0.4, -0.2) is 38.8 Å². The van der Waals surface area contributed by atoms with E-state index in [1.807, 2.05) is 31.1 Å². The number of nitrogens with zero attached hydrogens (tertiary/aromatic N) is 2. The quantitative estimate of drug-likeness (QED) is 0.920. The molecule has 1 aliphatic rings. The highest BCUT2D eigenvalue weighted by Gasteiger charge is 2.15. The van der Waals surface area contributed by atoms with Crippen molar-refractivity contribution in [1.29, 1.82) is 0 Å². The van der Waals surface area contributed by atoms with Crippen LogP contribution in [0.15, 0.2) is 18.2 Å². The number of hydrogen-bond donors (Lipinski definition) is 1. The Hall–Kier alpha value is -2.01. The number of rotatable bonds is 3. The molecule has 1 aromatic carbocycles. The van der Waals surface area contributed by atoms with Crippen LogP contribution in [0.4, 0.5) is 5.82 Å². The van der Waals surface area contributed by atoms with Crippen LogP contribution in [0.5, 0.6) is 11.5 Å². The van der Waals surface area contributed by atoms with Gasteiger partial charge >= 0.3 is 0 Å². The van der Waals surface area contributed by atoms with Crippen LogP contribution in [0.1, 0.15) is 5.56 Å². The number of pyridine rings is 1. The lowest BCUT2D eigenvalue weighted by atomic mass is 10.1. The molecular weight excluding hydrogens is 254 g/mol. The number of hydrogen-bond acceptors (Lipinski definition) is 5. The molecule has 1 aliphatic heterocycles. The van der Waals surface area contributed by atoms with E-state index in [0.717, 1.165) is 40.2 Å². The summed E-state index contributed by atoms with van der Waals surface area (Å²) in [6.07, 6.45) is 0.810. The normalized spacial score (nSPS) is 13.6. The molecule has 20 heavy (non-hydrogen) atoms. The maximum absolute atomic E-state index is 5.69. The van der Waals surface area contributed by atoms with Gasteiger partial charge in [-0.15, -0.1) is 0 Å². The van der Waals surface area contributed by atoms with Crippen molar-refractivity contribution in [2.24, 2.45) is 5.73 Å². The molecule has 0 unspecified atom stereocenters. The van der Waals surface area contributed by atoms with Gasteiger partial charge in [0.1, 0.15) is 19.0 Å². The zero-order chi connectivity index (χ0) is 14.1. The largest absolute Gasteiger partial charge is 0.486 e. The smallest absolute Gasteiger partial charge is 0.163 e. The maximum Gasteiger partial charge on any atom is 0.163 e. The summed E-state index contributed by atoms with van der Waals surface area (Å²) < 4.78 is 11.2. The lowest BCUT2D eigenvalue weighted by Gasteiger charge is -2.21. The Morgan fingerprint density at radius 3 is 2.50 bits per heavy atom. The van der Waals surface area contributed by atoms with Crippen molar-refractivity contribution in [1.82, 2.24) is 4.98 Å². The van der Waals surface area contributed by atoms with Crippen LogP contribution in [0.2, 0.25) is 0 Å². The Morgan fingerprint density at radius 2 is 1.85 bits per heavy atom. The molecule has 5 nitrogen and oxygen atoms in total. The minimum Gasteiger partial charge on any atom is -0.486 e. The van der Waals surface area contributed by atoms with Gasteiger partial charge in [0.05, 0.1) is 5.52 Å². The number of fused-ring (bicyclic) bond motifs is 2. The first kappa shape index (κ1) is 13.0. The zero-order valence-electron chi connectivity index (χ0n) is 11.8. The van der Waals surface area contributed by atoms with E-state index >= 15 is 0 Å². The van der Waals surface area contributed by atoms with Crippen molar-refractivity contribution in [3.8, 4) is 11.5 Å². The van der Waals surface area contributed by atoms with Crippen LogP contribution >= 0.6 is 0 Å². The summed E-state index contributed by atoms with van der Waals surface area (Å²) in [7, 11) is 3.98. The maximum atomic E-state index is 5.69. The van der Waals surface area contributed by atoms with Gasteiger partial charge in [-0.2, -0.15) is 0 Å². The van der Waals surface area contributed by atoms with E-state index in [0.29, 0.717) is 19.8 Å². The van der Waals surface area contributed by atoms with Gasteiger partial charge in [0, 0.05) is 25.5 Å². The molecule has 0 saturated heterocycles. The molecule has 0 aliphatic carbocycles. The molecule has 0 fully saturated rings. The molecule has 5 heteroatoms. The van der Waals surface area contributed by atoms with E-state index in [1.165, 1.54) is 0 Å². The number of nitrogens with two attached hydrogens (primary N) is 1. The predicted molar refractivity (Wildman–Crippen MR) is 79.8 cm³/mol. The Morgan fingerprint density at radius 1 is 1.15 bits per heavy atom. The van der Waals surface area contributed by atoms with Crippen LogP contribution in [-0.2, 0) is 6.42 Å². The van der Waals surface area contributed by atoms with E-state index in [4.69, 9.17) is 20.2 Å². The molecule has 2 N–H and O–H groups in total. The molecule has 0 spiro atoms. The second-order valence-electron chi connectivity index (χ2n) is 5.09. The number of ether oxygens (including phenoxy) is 2. The molecule has 0 radical (unpaired) electrons.